The van der Waals surface area contributed by atoms with E-state index in [0.717, 1.165) is 37.9 Å². The Kier molecular flexibility index (Phi) is 4.28. The monoisotopic (exact) mass is 366 g/mol. The minimum Gasteiger partial charge on any atom is -0.481 e. The molecule has 2 bridgehead atoms. The number of aliphatic hydroxyl groups excluding tert-OH is 1. The van der Waals surface area contributed by atoms with Crippen molar-refractivity contribution in [3.05, 3.63) is 0 Å². The standard InChI is InChI=1S/C21H34O3S/c1-19-7-4-8-20(2,18(23)24)15(19)6-10-21-9-5-13(11-16(19)21)14(12-25-3)17(21)22/h13-17,22H,4-12H2,1-3H3,(H,23,24)/t13-,14+,15-,16-,17+,19+,20+,21-/m0/s1. The van der Waals surface area contributed by atoms with Gasteiger partial charge in [0.25, 0.3) is 0 Å². The average molecular weight is 367 g/mol. The van der Waals surface area contributed by atoms with E-state index in [4.69, 9.17) is 0 Å². The SMILES string of the molecule is CSC[C@@H]1[C@H]2CC[C@@]3(CC[C@H]4[C@@](C)(CCC[C@@]4(C)C(=O)O)[C@@H]3C2)[C@@H]1O. The molecule has 4 heteroatoms. The van der Waals surface area contributed by atoms with Gasteiger partial charge in [0, 0.05) is 0 Å². The van der Waals surface area contributed by atoms with Gasteiger partial charge in [-0.1, -0.05) is 13.3 Å². The first kappa shape index (κ1) is 18.2. The number of carboxylic acids is 1. The van der Waals surface area contributed by atoms with Crippen molar-refractivity contribution in [1.29, 1.82) is 0 Å². The molecule has 5 fully saturated rings. The van der Waals surface area contributed by atoms with Gasteiger partial charge < -0.3 is 10.2 Å². The van der Waals surface area contributed by atoms with Crippen LogP contribution in [-0.2, 0) is 4.79 Å². The summed E-state index contributed by atoms with van der Waals surface area (Å²) in [6, 6.07) is 0. The Morgan fingerprint density at radius 2 is 1.84 bits per heavy atom. The van der Waals surface area contributed by atoms with Crippen LogP contribution in [0.4, 0.5) is 0 Å². The van der Waals surface area contributed by atoms with Gasteiger partial charge in [0.15, 0.2) is 0 Å². The molecule has 0 amide bonds. The molecule has 0 aromatic rings. The van der Waals surface area contributed by atoms with Crippen molar-refractivity contribution >= 4 is 17.7 Å². The molecule has 5 rings (SSSR count). The van der Waals surface area contributed by atoms with Crippen molar-refractivity contribution in [2.75, 3.05) is 12.0 Å². The van der Waals surface area contributed by atoms with Gasteiger partial charge in [0.1, 0.15) is 0 Å². The molecule has 0 radical (unpaired) electrons. The van der Waals surface area contributed by atoms with Gasteiger partial charge in [0.05, 0.1) is 11.5 Å². The molecule has 5 aliphatic carbocycles. The maximum absolute atomic E-state index is 12.1. The summed E-state index contributed by atoms with van der Waals surface area (Å²) in [7, 11) is 0. The topological polar surface area (TPSA) is 57.5 Å². The molecule has 1 spiro atoms. The Balaban J connectivity index is 1.72. The van der Waals surface area contributed by atoms with Crippen LogP contribution in [-0.4, -0.2) is 34.3 Å². The molecule has 0 aromatic carbocycles. The van der Waals surface area contributed by atoms with Crippen LogP contribution in [0.3, 0.4) is 0 Å². The van der Waals surface area contributed by atoms with Gasteiger partial charge in [-0.2, -0.15) is 11.8 Å². The molecule has 25 heavy (non-hydrogen) atoms. The molecule has 0 aromatic heterocycles. The Bertz CT molecular complexity index is 565. The van der Waals surface area contributed by atoms with E-state index >= 15 is 0 Å². The van der Waals surface area contributed by atoms with Crippen molar-refractivity contribution in [3.8, 4) is 0 Å². The van der Waals surface area contributed by atoms with Crippen molar-refractivity contribution in [3.63, 3.8) is 0 Å². The second kappa shape index (κ2) is 5.89. The number of hydrogen-bond donors (Lipinski definition) is 2. The summed E-state index contributed by atoms with van der Waals surface area (Å²) in [6.07, 6.45) is 10.7. The van der Waals surface area contributed by atoms with Gasteiger partial charge in [-0.25, -0.2) is 0 Å². The average Bonchev–Trinajstić information content (AvgIpc) is 2.57. The minimum atomic E-state index is -0.596. The van der Waals surface area contributed by atoms with Gasteiger partial charge in [0.2, 0.25) is 0 Å². The van der Waals surface area contributed by atoms with Crippen LogP contribution in [0.1, 0.15) is 65.2 Å². The Hall–Kier alpha value is -0.220. The Labute approximate surface area is 156 Å². The minimum absolute atomic E-state index is 0.0666. The van der Waals surface area contributed by atoms with E-state index in [1.165, 1.54) is 19.3 Å². The number of aliphatic carboxylic acids is 1. The maximum atomic E-state index is 12.1. The molecule has 5 saturated carbocycles. The molecule has 142 valence electrons. The Morgan fingerprint density at radius 1 is 1.12 bits per heavy atom. The third-order valence-electron chi connectivity index (χ3n) is 9.33. The number of fused-ring (bicyclic) bond motifs is 3. The van der Waals surface area contributed by atoms with E-state index in [1.54, 1.807) is 0 Å². The smallest absolute Gasteiger partial charge is 0.309 e. The lowest BCUT2D eigenvalue weighted by Gasteiger charge is -2.70. The summed E-state index contributed by atoms with van der Waals surface area (Å²) >= 11 is 1.88. The van der Waals surface area contributed by atoms with Gasteiger partial charge in [-0.15, -0.1) is 0 Å². The van der Waals surface area contributed by atoms with Crippen LogP contribution < -0.4 is 0 Å². The van der Waals surface area contributed by atoms with E-state index in [-0.39, 0.29) is 22.9 Å². The molecule has 3 nitrogen and oxygen atoms in total. The van der Waals surface area contributed by atoms with Crippen molar-refractivity contribution in [1.82, 2.24) is 0 Å². The van der Waals surface area contributed by atoms with E-state index in [0.29, 0.717) is 17.8 Å². The lowest BCUT2D eigenvalue weighted by atomic mass is 9.35. The van der Waals surface area contributed by atoms with Crippen LogP contribution in [0.25, 0.3) is 0 Å². The van der Waals surface area contributed by atoms with E-state index in [1.807, 2.05) is 18.7 Å². The first-order chi connectivity index (χ1) is 11.8. The quantitative estimate of drug-likeness (QED) is 0.775. The molecular formula is C21H34O3S. The lowest BCUT2D eigenvalue weighted by molar-refractivity contribution is -0.241. The van der Waals surface area contributed by atoms with Gasteiger partial charge >= 0.3 is 5.97 Å². The predicted octanol–water partition coefficient (Wildman–Crippen LogP) is 4.43. The van der Waals surface area contributed by atoms with E-state index < -0.39 is 11.4 Å². The molecule has 0 saturated heterocycles. The fraction of sp³-hybridized carbons (Fsp3) is 0.952. The third-order valence-corrected chi connectivity index (χ3v) is 10.1. The highest BCUT2D eigenvalue weighted by Gasteiger charge is 2.68. The van der Waals surface area contributed by atoms with Crippen LogP contribution in [0.15, 0.2) is 0 Å². The number of hydrogen-bond acceptors (Lipinski definition) is 3. The van der Waals surface area contributed by atoms with Crippen molar-refractivity contribution in [2.24, 2.45) is 39.9 Å². The van der Waals surface area contributed by atoms with Crippen LogP contribution >= 0.6 is 11.8 Å². The van der Waals surface area contributed by atoms with E-state index in [9.17, 15) is 15.0 Å². The normalized spacial score (nSPS) is 54.6. The molecule has 0 heterocycles. The van der Waals surface area contributed by atoms with Crippen molar-refractivity contribution < 1.29 is 15.0 Å². The van der Waals surface area contributed by atoms with Crippen LogP contribution in [0.2, 0.25) is 0 Å². The fourth-order valence-corrected chi connectivity index (χ4v) is 8.99. The first-order valence-corrected chi connectivity index (χ1v) is 11.6. The third kappa shape index (κ3) is 2.25. The molecule has 5 aliphatic rings. The van der Waals surface area contributed by atoms with Crippen LogP contribution in [0.5, 0.6) is 0 Å². The highest BCUT2D eigenvalue weighted by atomic mass is 32.2. The summed E-state index contributed by atoms with van der Waals surface area (Å²) in [5, 5.41) is 21.4. The summed E-state index contributed by atoms with van der Waals surface area (Å²) < 4.78 is 0. The zero-order valence-corrected chi connectivity index (χ0v) is 16.8. The molecular weight excluding hydrogens is 332 g/mol. The molecule has 0 unspecified atom stereocenters. The number of thioether (sulfide) groups is 1. The summed E-state index contributed by atoms with van der Waals surface area (Å²) in [5.41, 5.74) is -0.417. The second-order valence-electron chi connectivity index (χ2n) is 10.1. The summed E-state index contributed by atoms with van der Waals surface area (Å²) in [5.74, 6) is 2.36. The highest BCUT2D eigenvalue weighted by Crippen LogP contribution is 2.72. The molecule has 8 atom stereocenters. The van der Waals surface area contributed by atoms with Gasteiger partial charge in [-0.3, -0.25) is 4.79 Å². The maximum Gasteiger partial charge on any atom is 0.309 e. The first-order valence-electron chi connectivity index (χ1n) is 10.2. The number of carboxylic acid groups (broad SMARTS) is 1. The van der Waals surface area contributed by atoms with E-state index in [2.05, 4.69) is 13.2 Å². The lowest BCUT2D eigenvalue weighted by Crippen LogP contribution is -2.67. The number of rotatable bonds is 3. The number of aliphatic hydroxyl groups is 1. The molecule has 0 aliphatic heterocycles. The zero-order valence-electron chi connectivity index (χ0n) is 16.0. The summed E-state index contributed by atoms with van der Waals surface area (Å²) in [4.78, 5) is 12.1. The fourth-order valence-electron chi connectivity index (χ4n) is 8.15. The summed E-state index contributed by atoms with van der Waals surface area (Å²) in [6.45, 7) is 4.39. The molecule has 2 N–H and O–H groups in total. The second-order valence-corrected chi connectivity index (χ2v) is 11.0. The number of carbonyl (C=O) groups is 1. The highest BCUT2D eigenvalue weighted by molar-refractivity contribution is 7.98. The zero-order chi connectivity index (χ0) is 18.0. The predicted molar refractivity (Wildman–Crippen MR) is 102 cm³/mol. The van der Waals surface area contributed by atoms with Crippen molar-refractivity contribution in [2.45, 2.75) is 71.3 Å². The Morgan fingerprint density at radius 3 is 2.52 bits per heavy atom. The van der Waals surface area contributed by atoms with Crippen LogP contribution in [0, 0.1) is 39.9 Å². The van der Waals surface area contributed by atoms with Gasteiger partial charge in [-0.05, 0) is 98.4 Å². The largest absolute Gasteiger partial charge is 0.481 e.